The van der Waals surface area contributed by atoms with Crippen LogP contribution in [0.25, 0.3) is 0 Å². The van der Waals surface area contributed by atoms with Crippen molar-refractivity contribution in [1.29, 1.82) is 0 Å². The summed E-state index contributed by atoms with van der Waals surface area (Å²) in [6, 6.07) is 3.61. The Morgan fingerprint density at radius 2 is 2.24 bits per heavy atom. The monoisotopic (exact) mass is 304 g/mol. The van der Waals surface area contributed by atoms with E-state index < -0.39 is 0 Å². The first-order valence-corrected chi connectivity index (χ1v) is 7.96. The molecule has 1 unspecified atom stereocenters. The second kappa shape index (κ2) is 7.73. The number of carbonyl (C=O) groups excluding carboxylic acids is 1. The van der Waals surface area contributed by atoms with E-state index in [1.807, 2.05) is 11.4 Å². The molecule has 0 saturated carbocycles. The Labute approximate surface area is 128 Å². The van der Waals surface area contributed by atoms with Gasteiger partial charge in [0.1, 0.15) is 5.82 Å². The number of carbonyl (C=O) groups is 1. The molecule has 0 spiro atoms. The number of hydrogen-bond acceptors (Lipinski definition) is 5. The summed E-state index contributed by atoms with van der Waals surface area (Å²) < 4.78 is 0. The van der Waals surface area contributed by atoms with E-state index in [0.29, 0.717) is 12.1 Å². The summed E-state index contributed by atoms with van der Waals surface area (Å²) in [6.45, 7) is 5.60. The van der Waals surface area contributed by atoms with Crippen LogP contribution in [0, 0.1) is 0 Å². The van der Waals surface area contributed by atoms with Gasteiger partial charge in [-0.2, -0.15) is 0 Å². The molecular formula is C15H20N4OS. The number of anilines is 1. The molecule has 1 amide bonds. The molecule has 2 aromatic rings. The van der Waals surface area contributed by atoms with E-state index in [-0.39, 0.29) is 11.8 Å². The van der Waals surface area contributed by atoms with Crippen LogP contribution in [-0.2, 0) is 0 Å². The fourth-order valence-corrected chi connectivity index (χ4v) is 2.50. The Balaban J connectivity index is 1.85. The highest BCUT2D eigenvalue weighted by atomic mass is 32.1. The third-order valence-electron chi connectivity index (χ3n) is 3.02. The molecule has 5 nitrogen and oxygen atoms in total. The first-order chi connectivity index (χ1) is 10.2. The normalized spacial score (nSPS) is 11.9. The summed E-state index contributed by atoms with van der Waals surface area (Å²) in [4.78, 5) is 20.5. The van der Waals surface area contributed by atoms with E-state index in [0.717, 1.165) is 23.8 Å². The van der Waals surface area contributed by atoms with Gasteiger partial charge in [-0.05, 0) is 18.6 Å². The lowest BCUT2D eigenvalue weighted by molar-refractivity contribution is 0.0951. The predicted octanol–water partition coefficient (Wildman–Crippen LogP) is 2.89. The summed E-state index contributed by atoms with van der Waals surface area (Å²) in [5.41, 5.74) is 0.573. The van der Waals surface area contributed by atoms with Crippen LogP contribution in [0.5, 0.6) is 0 Å². The number of nitrogens with one attached hydrogen (secondary N) is 2. The van der Waals surface area contributed by atoms with Gasteiger partial charge in [-0.3, -0.25) is 4.79 Å². The van der Waals surface area contributed by atoms with Crippen LogP contribution >= 0.6 is 11.3 Å². The number of nitrogens with zero attached hydrogens (tertiary/aromatic N) is 2. The van der Waals surface area contributed by atoms with Crippen LogP contribution in [0.4, 0.5) is 5.82 Å². The molecule has 2 aromatic heterocycles. The van der Waals surface area contributed by atoms with Crippen LogP contribution in [0.15, 0.2) is 29.9 Å². The second-order valence-corrected chi connectivity index (χ2v) is 5.77. The highest BCUT2D eigenvalue weighted by Crippen LogP contribution is 2.16. The van der Waals surface area contributed by atoms with Crippen LogP contribution in [-0.4, -0.2) is 29.0 Å². The highest BCUT2D eigenvalue weighted by molar-refractivity contribution is 7.09. The smallest absolute Gasteiger partial charge is 0.252 e. The predicted molar refractivity (Wildman–Crippen MR) is 85.9 cm³/mol. The lowest BCUT2D eigenvalue weighted by Gasteiger charge is -2.10. The van der Waals surface area contributed by atoms with Crippen molar-refractivity contribution in [3.8, 4) is 0 Å². The minimum atomic E-state index is -0.104. The van der Waals surface area contributed by atoms with Crippen molar-refractivity contribution < 1.29 is 4.79 Å². The number of amides is 1. The fourth-order valence-electron chi connectivity index (χ4n) is 1.80. The molecule has 6 heteroatoms. The molecule has 0 saturated heterocycles. The minimum Gasteiger partial charge on any atom is -0.370 e. The van der Waals surface area contributed by atoms with Gasteiger partial charge in [0.15, 0.2) is 0 Å². The number of thiazole rings is 1. The lowest BCUT2D eigenvalue weighted by Crippen LogP contribution is -2.27. The third-order valence-corrected chi connectivity index (χ3v) is 4.03. The maximum absolute atomic E-state index is 12.1. The summed E-state index contributed by atoms with van der Waals surface area (Å²) >= 11 is 1.61. The van der Waals surface area contributed by atoms with E-state index in [1.165, 1.54) is 0 Å². The zero-order chi connectivity index (χ0) is 15.1. The van der Waals surface area contributed by atoms with Crippen LogP contribution in [0.2, 0.25) is 0 Å². The maximum Gasteiger partial charge on any atom is 0.252 e. The van der Waals surface area contributed by atoms with Crippen LogP contribution < -0.4 is 10.6 Å². The Morgan fingerprint density at radius 1 is 1.38 bits per heavy atom. The van der Waals surface area contributed by atoms with Gasteiger partial charge in [-0.15, -0.1) is 11.3 Å². The van der Waals surface area contributed by atoms with Crippen molar-refractivity contribution in [3.05, 3.63) is 40.5 Å². The minimum absolute atomic E-state index is 0.104. The van der Waals surface area contributed by atoms with Crippen molar-refractivity contribution in [1.82, 2.24) is 15.3 Å². The Morgan fingerprint density at radius 3 is 2.86 bits per heavy atom. The molecule has 0 aliphatic rings. The highest BCUT2D eigenvalue weighted by Gasteiger charge is 2.11. The van der Waals surface area contributed by atoms with Gasteiger partial charge >= 0.3 is 0 Å². The summed E-state index contributed by atoms with van der Waals surface area (Å²) in [5, 5.41) is 9.08. The Kier molecular flexibility index (Phi) is 5.68. The summed E-state index contributed by atoms with van der Waals surface area (Å²) in [5.74, 6) is 0.907. The van der Waals surface area contributed by atoms with E-state index >= 15 is 0 Å². The SMILES string of the molecule is CCCNc1ccc(C(=O)NCC(C)c2nccs2)cn1. The van der Waals surface area contributed by atoms with Crippen molar-refractivity contribution in [2.75, 3.05) is 18.4 Å². The van der Waals surface area contributed by atoms with Gasteiger partial charge in [0, 0.05) is 36.8 Å². The fraction of sp³-hybridized carbons (Fsp3) is 0.400. The molecule has 0 bridgehead atoms. The average Bonchev–Trinajstić information content (AvgIpc) is 3.05. The van der Waals surface area contributed by atoms with Crippen molar-refractivity contribution in [2.45, 2.75) is 26.2 Å². The molecule has 0 radical (unpaired) electrons. The van der Waals surface area contributed by atoms with E-state index in [2.05, 4.69) is 34.4 Å². The summed E-state index contributed by atoms with van der Waals surface area (Å²) in [6.07, 6.45) is 4.42. The van der Waals surface area contributed by atoms with E-state index in [9.17, 15) is 4.79 Å². The molecule has 2 heterocycles. The Hall–Kier alpha value is -1.95. The number of aromatic nitrogens is 2. The molecule has 0 aromatic carbocycles. The van der Waals surface area contributed by atoms with Crippen molar-refractivity contribution in [2.24, 2.45) is 0 Å². The summed E-state index contributed by atoms with van der Waals surface area (Å²) in [7, 11) is 0. The molecule has 21 heavy (non-hydrogen) atoms. The van der Waals surface area contributed by atoms with Gasteiger partial charge in [-0.25, -0.2) is 9.97 Å². The average molecular weight is 304 g/mol. The largest absolute Gasteiger partial charge is 0.370 e. The zero-order valence-electron chi connectivity index (χ0n) is 12.3. The lowest BCUT2D eigenvalue weighted by atomic mass is 10.2. The molecular weight excluding hydrogens is 284 g/mol. The molecule has 112 valence electrons. The molecule has 2 N–H and O–H groups in total. The Bertz CT molecular complexity index is 554. The van der Waals surface area contributed by atoms with Gasteiger partial charge in [0.25, 0.3) is 5.91 Å². The molecule has 1 atom stereocenters. The van der Waals surface area contributed by atoms with E-state index in [4.69, 9.17) is 0 Å². The zero-order valence-corrected chi connectivity index (χ0v) is 13.1. The van der Waals surface area contributed by atoms with Crippen LogP contribution in [0.3, 0.4) is 0 Å². The second-order valence-electron chi connectivity index (χ2n) is 4.84. The van der Waals surface area contributed by atoms with Gasteiger partial charge in [0.05, 0.1) is 10.6 Å². The maximum atomic E-state index is 12.1. The number of rotatable bonds is 7. The topological polar surface area (TPSA) is 66.9 Å². The number of pyridine rings is 1. The third kappa shape index (κ3) is 4.53. The van der Waals surface area contributed by atoms with Gasteiger partial charge in [-0.1, -0.05) is 13.8 Å². The van der Waals surface area contributed by atoms with Crippen molar-refractivity contribution in [3.63, 3.8) is 0 Å². The molecule has 0 aliphatic heterocycles. The van der Waals surface area contributed by atoms with Gasteiger partial charge < -0.3 is 10.6 Å². The van der Waals surface area contributed by atoms with Gasteiger partial charge in [0.2, 0.25) is 0 Å². The molecule has 0 fully saturated rings. The van der Waals surface area contributed by atoms with Crippen molar-refractivity contribution >= 4 is 23.1 Å². The first kappa shape index (κ1) is 15.4. The molecule has 2 rings (SSSR count). The van der Waals surface area contributed by atoms with E-state index in [1.54, 1.807) is 29.8 Å². The molecule has 0 aliphatic carbocycles. The van der Waals surface area contributed by atoms with Crippen LogP contribution in [0.1, 0.15) is 41.6 Å². The standard InChI is InChI=1S/C15H20N4OS/c1-3-6-16-13-5-4-12(10-18-13)14(20)19-9-11(2)15-17-7-8-21-15/h4-5,7-8,10-11H,3,6,9H2,1-2H3,(H,16,18)(H,19,20). The first-order valence-electron chi connectivity index (χ1n) is 7.08. The number of hydrogen-bond donors (Lipinski definition) is 2. The quantitative estimate of drug-likeness (QED) is 0.825.